The Balaban J connectivity index is 2.74. The number of hydrogen-bond acceptors (Lipinski definition) is 2. The van der Waals surface area contributed by atoms with Crippen molar-refractivity contribution >= 4 is 0 Å². The molecule has 0 saturated carbocycles. The number of aryl methyl sites for hydroxylation is 1. The van der Waals surface area contributed by atoms with Crippen LogP contribution in [0.5, 0.6) is 0 Å². The van der Waals surface area contributed by atoms with Crippen molar-refractivity contribution in [3.8, 4) is 0 Å². The summed E-state index contributed by atoms with van der Waals surface area (Å²) in [7, 11) is 1.99. The molecule has 2 unspecified atom stereocenters. The first-order valence-corrected chi connectivity index (χ1v) is 7.44. The first-order chi connectivity index (χ1) is 8.72. The molecule has 1 aromatic rings. The number of rotatable bonds is 9. The molecule has 0 aliphatic heterocycles. The smallest absolute Gasteiger partial charge is 0.0537 e. The summed E-state index contributed by atoms with van der Waals surface area (Å²) in [6.07, 6.45) is 10.5. The molecule has 0 aliphatic rings. The Labute approximate surface area is 112 Å². The molecule has 3 heteroatoms. The van der Waals surface area contributed by atoms with Gasteiger partial charge < -0.3 is 5.32 Å². The molecule has 0 aliphatic carbocycles. The molecule has 0 spiro atoms. The summed E-state index contributed by atoms with van der Waals surface area (Å²) < 4.78 is 1.91. The summed E-state index contributed by atoms with van der Waals surface area (Å²) >= 11 is 0. The highest BCUT2D eigenvalue weighted by Crippen LogP contribution is 2.28. The van der Waals surface area contributed by atoms with Gasteiger partial charge in [0.15, 0.2) is 0 Å². The molecule has 0 aromatic carbocycles. The molecule has 0 bridgehead atoms. The monoisotopic (exact) mass is 251 g/mol. The molecule has 3 nitrogen and oxygen atoms in total. The van der Waals surface area contributed by atoms with Gasteiger partial charge in [0.05, 0.1) is 6.20 Å². The number of nitrogens with one attached hydrogen (secondary N) is 1. The molecular weight excluding hydrogens is 222 g/mol. The molecule has 1 rings (SSSR count). The molecular formula is C15H29N3. The van der Waals surface area contributed by atoms with E-state index in [9.17, 15) is 0 Å². The lowest BCUT2D eigenvalue weighted by molar-refractivity contribution is 0.323. The SMILES string of the molecule is CCCCC(CC)C(NCCC)c1cnn(C)c1. The minimum Gasteiger partial charge on any atom is -0.310 e. The van der Waals surface area contributed by atoms with Crippen molar-refractivity contribution in [2.24, 2.45) is 13.0 Å². The van der Waals surface area contributed by atoms with Gasteiger partial charge in [-0.1, -0.05) is 40.0 Å². The number of unbranched alkanes of at least 4 members (excludes halogenated alkanes) is 1. The second-order valence-corrected chi connectivity index (χ2v) is 5.19. The Morgan fingerprint density at radius 3 is 2.56 bits per heavy atom. The van der Waals surface area contributed by atoms with Gasteiger partial charge >= 0.3 is 0 Å². The van der Waals surface area contributed by atoms with Crippen LogP contribution in [0.1, 0.15) is 64.5 Å². The van der Waals surface area contributed by atoms with Crippen molar-refractivity contribution in [2.75, 3.05) is 6.54 Å². The quantitative estimate of drug-likeness (QED) is 0.725. The average Bonchev–Trinajstić information content (AvgIpc) is 2.80. The van der Waals surface area contributed by atoms with Crippen molar-refractivity contribution < 1.29 is 0 Å². The van der Waals surface area contributed by atoms with E-state index in [-0.39, 0.29) is 0 Å². The highest BCUT2D eigenvalue weighted by molar-refractivity contribution is 5.11. The van der Waals surface area contributed by atoms with E-state index in [0.717, 1.165) is 12.5 Å². The van der Waals surface area contributed by atoms with Crippen LogP contribution >= 0.6 is 0 Å². The van der Waals surface area contributed by atoms with Crippen LogP contribution in [0.15, 0.2) is 12.4 Å². The number of aromatic nitrogens is 2. The first kappa shape index (κ1) is 15.2. The van der Waals surface area contributed by atoms with E-state index in [1.807, 2.05) is 17.9 Å². The third-order valence-corrected chi connectivity index (χ3v) is 3.62. The predicted octanol–water partition coefficient (Wildman–Crippen LogP) is 3.68. The molecule has 0 saturated heterocycles. The Hall–Kier alpha value is -0.830. The van der Waals surface area contributed by atoms with E-state index < -0.39 is 0 Å². The summed E-state index contributed by atoms with van der Waals surface area (Å²) in [6.45, 7) is 7.88. The standard InChI is InChI=1S/C15H29N3/c1-5-8-9-13(7-3)15(16-10-6-2)14-11-17-18(4)12-14/h11-13,15-16H,5-10H2,1-4H3. The summed E-state index contributed by atoms with van der Waals surface area (Å²) in [5.41, 5.74) is 1.34. The van der Waals surface area contributed by atoms with Gasteiger partial charge in [-0.25, -0.2) is 0 Å². The van der Waals surface area contributed by atoms with Crippen LogP contribution in [0.4, 0.5) is 0 Å². The number of hydrogen-bond donors (Lipinski definition) is 1. The maximum atomic E-state index is 4.32. The Morgan fingerprint density at radius 2 is 2.06 bits per heavy atom. The van der Waals surface area contributed by atoms with E-state index >= 15 is 0 Å². The molecule has 18 heavy (non-hydrogen) atoms. The minimum absolute atomic E-state index is 0.468. The fraction of sp³-hybridized carbons (Fsp3) is 0.800. The zero-order chi connectivity index (χ0) is 13.4. The van der Waals surface area contributed by atoms with Gasteiger partial charge in [0.25, 0.3) is 0 Å². The van der Waals surface area contributed by atoms with E-state index in [1.165, 1.54) is 37.7 Å². The van der Waals surface area contributed by atoms with Gasteiger partial charge in [-0.3, -0.25) is 4.68 Å². The molecule has 1 aromatic heterocycles. The molecule has 0 radical (unpaired) electrons. The van der Waals surface area contributed by atoms with E-state index in [0.29, 0.717) is 6.04 Å². The second kappa shape index (κ2) is 8.30. The lowest BCUT2D eigenvalue weighted by Gasteiger charge is -2.26. The molecule has 1 heterocycles. The van der Waals surface area contributed by atoms with E-state index in [1.54, 1.807) is 0 Å². The maximum Gasteiger partial charge on any atom is 0.0537 e. The van der Waals surface area contributed by atoms with Crippen LogP contribution < -0.4 is 5.32 Å². The Kier molecular flexibility index (Phi) is 7.02. The van der Waals surface area contributed by atoms with Gasteiger partial charge in [-0.2, -0.15) is 5.10 Å². The summed E-state index contributed by atoms with van der Waals surface area (Å²) in [6, 6.07) is 0.468. The molecule has 104 valence electrons. The zero-order valence-electron chi connectivity index (χ0n) is 12.4. The summed E-state index contributed by atoms with van der Waals surface area (Å²) in [4.78, 5) is 0. The van der Waals surface area contributed by atoms with E-state index in [4.69, 9.17) is 0 Å². The lowest BCUT2D eigenvalue weighted by atomic mass is 9.88. The largest absolute Gasteiger partial charge is 0.310 e. The number of nitrogens with zero attached hydrogens (tertiary/aromatic N) is 2. The third kappa shape index (κ3) is 4.45. The van der Waals surface area contributed by atoms with Crippen molar-refractivity contribution in [2.45, 2.75) is 58.9 Å². The van der Waals surface area contributed by atoms with Crippen LogP contribution in [0, 0.1) is 5.92 Å². The van der Waals surface area contributed by atoms with Gasteiger partial charge in [0, 0.05) is 24.8 Å². The average molecular weight is 251 g/mol. The van der Waals surface area contributed by atoms with Crippen molar-refractivity contribution in [3.63, 3.8) is 0 Å². The molecule has 0 fully saturated rings. The normalized spacial score (nSPS) is 14.7. The fourth-order valence-electron chi connectivity index (χ4n) is 2.53. The topological polar surface area (TPSA) is 29.9 Å². The second-order valence-electron chi connectivity index (χ2n) is 5.19. The van der Waals surface area contributed by atoms with Crippen molar-refractivity contribution in [1.29, 1.82) is 0 Å². The lowest BCUT2D eigenvalue weighted by Crippen LogP contribution is -2.28. The van der Waals surface area contributed by atoms with E-state index in [2.05, 4.69) is 37.4 Å². The fourth-order valence-corrected chi connectivity index (χ4v) is 2.53. The molecule has 1 N–H and O–H groups in total. The zero-order valence-corrected chi connectivity index (χ0v) is 12.4. The third-order valence-electron chi connectivity index (χ3n) is 3.62. The van der Waals surface area contributed by atoms with Crippen molar-refractivity contribution in [3.05, 3.63) is 18.0 Å². The maximum absolute atomic E-state index is 4.32. The van der Waals surface area contributed by atoms with Crippen LogP contribution in [0.3, 0.4) is 0 Å². The molecule has 0 amide bonds. The Bertz CT molecular complexity index is 319. The van der Waals surface area contributed by atoms with Gasteiger partial charge in [-0.15, -0.1) is 0 Å². The van der Waals surface area contributed by atoms with Gasteiger partial charge in [-0.05, 0) is 25.3 Å². The van der Waals surface area contributed by atoms with Crippen LogP contribution in [-0.4, -0.2) is 16.3 Å². The summed E-state index contributed by atoms with van der Waals surface area (Å²) in [5.74, 6) is 0.723. The van der Waals surface area contributed by atoms with Gasteiger partial charge in [0.2, 0.25) is 0 Å². The van der Waals surface area contributed by atoms with Crippen LogP contribution in [-0.2, 0) is 7.05 Å². The summed E-state index contributed by atoms with van der Waals surface area (Å²) in [5, 5.41) is 8.02. The highest BCUT2D eigenvalue weighted by Gasteiger charge is 2.21. The first-order valence-electron chi connectivity index (χ1n) is 7.44. The minimum atomic E-state index is 0.468. The highest BCUT2D eigenvalue weighted by atomic mass is 15.2. The van der Waals surface area contributed by atoms with Crippen LogP contribution in [0.2, 0.25) is 0 Å². The van der Waals surface area contributed by atoms with Gasteiger partial charge in [0.1, 0.15) is 0 Å². The van der Waals surface area contributed by atoms with Crippen molar-refractivity contribution in [1.82, 2.24) is 15.1 Å². The predicted molar refractivity (Wildman–Crippen MR) is 77.5 cm³/mol. The van der Waals surface area contributed by atoms with Crippen LogP contribution in [0.25, 0.3) is 0 Å². The molecule has 2 atom stereocenters. The Morgan fingerprint density at radius 1 is 1.28 bits per heavy atom.